The molecule has 1 aliphatic rings. The fraction of sp³-hybridized carbons (Fsp3) is 0.375. The summed E-state index contributed by atoms with van der Waals surface area (Å²) in [5.41, 5.74) is 4.03. The molecule has 1 amide bonds. The summed E-state index contributed by atoms with van der Waals surface area (Å²) in [6, 6.07) is 9.77. The SMILES string of the molecule is CCOc1ccccc1NC(=O)c1c(NCc2sccc2C)sc2c1CCC(C)C2. The molecule has 4 rings (SSSR count). The minimum Gasteiger partial charge on any atom is -0.492 e. The van der Waals surface area contributed by atoms with Crippen LogP contribution in [-0.4, -0.2) is 12.5 Å². The number of hydrogen-bond acceptors (Lipinski definition) is 5. The molecule has 0 bridgehead atoms. The summed E-state index contributed by atoms with van der Waals surface area (Å²) in [7, 11) is 0. The molecule has 2 heterocycles. The van der Waals surface area contributed by atoms with Crippen molar-refractivity contribution >= 4 is 39.3 Å². The maximum Gasteiger partial charge on any atom is 0.259 e. The number of nitrogens with one attached hydrogen (secondary N) is 2. The van der Waals surface area contributed by atoms with Crippen LogP contribution in [0, 0.1) is 12.8 Å². The lowest BCUT2D eigenvalue weighted by molar-refractivity contribution is 0.102. The van der Waals surface area contributed by atoms with Gasteiger partial charge in [-0.15, -0.1) is 22.7 Å². The monoisotopic (exact) mass is 440 g/mol. The van der Waals surface area contributed by atoms with E-state index in [1.165, 1.54) is 20.9 Å². The Morgan fingerprint density at radius 3 is 2.87 bits per heavy atom. The van der Waals surface area contributed by atoms with Crippen molar-refractivity contribution in [2.75, 3.05) is 17.2 Å². The van der Waals surface area contributed by atoms with Gasteiger partial charge in [0, 0.05) is 9.75 Å². The lowest BCUT2D eigenvalue weighted by Gasteiger charge is -2.19. The quantitative estimate of drug-likeness (QED) is 0.440. The topological polar surface area (TPSA) is 50.4 Å². The number of anilines is 2. The average Bonchev–Trinajstić information content (AvgIpc) is 3.30. The van der Waals surface area contributed by atoms with Gasteiger partial charge >= 0.3 is 0 Å². The zero-order valence-electron chi connectivity index (χ0n) is 17.7. The van der Waals surface area contributed by atoms with Crippen molar-refractivity contribution in [3.8, 4) is 5.75 Å². The number of amides is 1. The Labute approximate surface area is 186 Å². The summed E-state index contributed by atoms with van der Waals surface area (Å²) < 4.78 is 5.70. The second-order valence-corrected chi connectivity index (χ2v) is 9.93. The van der Waals surface area contributed by atoms with Crippen LogP contribution < -0.4 is 15.4 Å². The molecule has 0 spiro atoms. The number of carbonyl (C=O) groups excluding carboxylic acids is 1. The van der Waals surface area contributed by atoms with Crippen LogP contribution in [-0.2, 0) is 19.4 Å². The molecule has 3 aromatic rings. The molecule has 0 fully saturated rings. The number of ether oxygens (including phenoxy) is 1. The Bertz CT molecular complexity index is 1040. The summed E-state index contributed by atoms with van der Waals surface area (Å²) in [6.07, 6.45) is 3.14. The molecule has 0 radical (unpaired) electrons. The van der Waals surface area contributed by atoms with Crippen molar-refractivity contribution in [3.05, 3.63) is 62.2 Å². The highest BCUT2D eigenvalue weighted by atomic mass is 32.1. The molecule has 0 saturated carbocycles. The van der Waals surface area contributed by atoms with Crippen molar-refractivity contribution in [1.82, 2.24) is 0 Å². The maximum atomic E-state index is 13.4. The number of rotatable bonds is 7. The molecule has 0 aliphatic heterocycles. The Hall–Kier alpha value is -2.31. The number of fused-ring (bicyclic) bond motifs is 1. The second-order valence-electron chi connectivity index (χ2n) is 7.82. The Morgan fingerprint density at radius 1 is 1.27 bits per heavy atom. The molecule has 1 atom stereocenters. The molecule has 30 heavy (non-hydrogen) atoms. The minimum atomic E-state index is -0.0559. The second kappa shape index (κ2) is 9.23. The molecular weight excluding hydrogens is 412 g/mol. The van der Waals surface area contributed by atoms with E-state index in [2.05, 4.69) is 35.9 Å². The fourth-order valence-electron chi connectivity index (χ4n) is 3.90. The van der Waals surface area contributed by atoms with Crippen molar-refractivity contribution in [2.24, 2.45) is 5.92 Å². The summed E-state index contributed by atoms with van der Waals surface area (Å²) in [6.45, 7) is 7.68. The van der Waals surface area contributed by atoms with Gasteiger partial charge in [-0.3, -0.25) is 4.79 Å². The molecule has 4 nitrogen and oxygen atoms in total. The van der Waals surface area contributed by atoms with Crippen LogP contribution >= 0.6 is 22.7 Å². The van der Waals surface area contributed by atoms with Gasteiger partial charge in [0.05, 0.1) is 24.4 Å². The normalized spacial score (nSPS) is 15.5. The highest BCUT2D eigenvalue weighted by molar-refractivity contribution is 7.16. The third-order valence-corrected chi connectivity index (χ3v) is 7.79. The fourth-order valence-corrected chi connectivity index (χ4v) is 6.15. The predicted molar refractivity (Wildman–Crippen MR) is 127 cm³/mol. The number of thiophene rings is 2. The predicted octanol–water partition coefficient (Wildman–Crippen LogP) is 6.51. The molecule has 1 aromatic carbocycles. The third kappa shape index (κ3) is 4.40. The van der Waals surface area contributed by atoms with E-state index in [9.17, 15) is 4.79 Å². The molecular formula is C24H28N2O2S2. The zero-order valence-corrected chi connectivity index (χ0v) is 19.3. The van der Waals surface area contributed by atoms with Crippen LogP contribution in [0.2, 0.25) is 0 Å². The van der Waals surface area contributed by atoms with Gasteiger partial charge in [0.15, 0.2) is 0 Å². The number of carbonyl (C=O) groups is 1. The van der Waals surface area contributed by atoms with Gasteiger partial charge in [-0.25, -0.2) is 0 Å². The first-order valence-corrected chi connectivity index (χ1v) is 12.2. The molecule has 158 valence electrons. The Morgan fingerprint density at radius 2 is 2.10 bits per heavy atom. The molecule has 1 unspecified atom stereocenters. The third-order valence-electron chi connectivity index (χ3n) is 5.55. The minimum absolute atomic E-state index is 0.0559. The van der Waals surface area contributed by atoms with E-state index in [0.29, 0.717) is 24.0 Å². The molecule has 2 aromatic heterocycles. The molecule has 1 aliphatic carbocycles. The van der Waals surface area contributed by atoms with Crippen LogP contribution in [0.15, 0.2) is 35.7 Å². The van der Waals surface area contributed by atoms with Gasteiger partial charge in [0.2, 0.25) is 0 Å². The van der Waals surface area contributed by atoms with Crippen molar-refractivity contribution in [2.45, 2.75) is 46.6 Å². The van der Waals surface area contributed by atoms with E-state index in [1.54, 1.807) is 22.7 Å². The molecule has 0 saturated heterocycles. The van der Waals surface area contributed by atoms with Gasteiger partial charge in [0.25, 0.3) is 5.91 Å². The van der Waals surface area contributed by atoms with Gasteiger partial charge in [-0.2, -0.15) is 0 Å². The lowest BCUT2D eigenvalue weighted by atomic mass is 9.88. The van der Waals surface area contributed by atoms with Crippen LogP contribution in [0.25, 0.3) is 0 Å². The van der Waals surface area contributed by atoms with Crippen molar-refractivity contribution < 1.29 is 9.53 Å². The van der Waals surface area contributed by atoms with E-state index in [0.717, 1.165) is 36.4 Å². The van der Waals surface area contributed by atoms with Crippen LogP contribution in [0.4, 0.5) is 10.7 Å². The van der Waals surface area contributed by atoms with E-state index >= 15 is 0 Å². The lowest BCUT2D eigenvalue weighted by Crippen LogP contribution is -2.18. The first kappa shape index (κ1) is 20.9. The van der Waals surface area contributed by atoms with Crippen LogP contribution in [0.5, 0.6) is 5.75 Å². The number of aryl methyl sites for hydroxylation is 1. The summed E-state index contributed by atoms with van der Waals surface area (Å²) in [4.78, 5) is 16.1. The van der Waals surface area contributed by atoms with Crippen molar-refractivity contribution in [3.63, 3.8) is 0 Å². The van der Waals surface area contributed by atoms with E-state index in [1.807, 2.05) is 31.2 Å². The highest BCUT2D eigenvalue weighted by Crippen LogP contribution is 2.40. The van der Waals surface area contributed by atoms with Gasteiger partial charge < -0.3 is 15.4 Å². The van der Waals surface area contributed by atoms with Crippen LogP contribution in [0.1, 0.15) is 51.5 Å². The maximum absolute atomic E-state index is 13.4. The Kier molecular flexibility index (Phi) is 6.44. The molecule has 2 N–H and O–H groups in total. The summed E-state index contributed by atoms with van der Waals surface area (Å²) in [5.74, 6) is 1.31. The first-order valence-electron chi connectivity index (χ1n) is 10.5. The number of hydrogen-bond donors (Lipinski definition) is 2. The zero-order chi connectivity index (χ0) is 21.1. The molecule has 6 heteroatoms. The van der Waals surface area contributed by atoms with E-state index < -0.39 is 0 Å². The van der Waals surface area contributed by atoms with E-state index in [4.69, 9.17) is 4.74 Å². The van der Waals surface area contributed by atoms with Crippen molar-refractivity contribution in [1.29, 1.82) is 0 Å². The Balaban J connectivity index is 1.63. The number of benzene rings is 1. The number of para-hydroxylation sites is 2. The van der Waals surface area contributed by atoms with Crippen LogP contribution in [0.3, 0.4) is 0 Å². The largest absolute Gasteiger partial charge is 0.492 e. The van der Waals surface area contributed by atoms with Gasteiger partial charge in [-0.05, 0) is 73.7 Å². The van der Waals surface area contributed by atoms with Gasteiger partial charge in [-0.1, -0.05) is 19.1 Å². The average molecular weight is 441 g/mol. The first-order chi connectivity index (χ1) is 14.6. The van der Waals surface area contributed by atoms with E-state index in [-0.39, 0.29) is 5.91 Å². The standard InChI is InChI=1S/C24H28N2O2S2/c1-4-28-19-8-6-5-7-18(19)26-23(27)22-17-10-9-15(2)13-20(17)30-24(22)25-14-21-16(3)11-12-29-21/h5-8,11-12,15,25H,4,9-10,13-14H2,1-3H3,(H,26,27). The summed E-state index contributed by atoms with van der Waals surface area (Å²) >= 11 is 3.50. The smallest absolute Gasteiger partial charge is 0.259 e. The van der Waals surface area contributed by atoms with Gasteiger partial charge in [0.1, 0.15) is 10.8 Å². The highest BCUT2D eigenvalue weighted by Gasteiger charge is 2.28. The summed E-state index contributed by atoms with van der Waals surface area (Å²) in [5, 5.41) is 9.78.